The van der Waals surface area contributed by atoms with Gasteiger partial charge in [-0.2, -0.15) is 0 Å². The zero-order valence-corrected chi connectivity index (χ0v) is 23.9. The number of pyridine rings is 1. The lowest BCUT2D eigenvalue weighted by Gasteiger charge is -2.50. The molecule has 1 aromatic carbocycles. The van der Waals surface area contributed by atoms with Gasteiger partial charge in [-0.3, -0.25) is 9.78 Å². The number of carboxylic acids is 1. The highest BCUT2D eigenvalue weighted by atomic mass is 35.5. The van der Waals surface area contributed by atoms with Crippen LogP contribution in [0.25, 0.3) is 11.1 Å². The number of anilines is 1. The van der Waals surface area contributed by atoms with Gasteiger partial charge in [0.05, 0.1) is 22.8 Å². The van der Waals surface area contributed by atoms with Crippen LogP contribution in [0.1, 0.15) is 75.9 Å². The Bertz CT molecular complexity index is 1100. The Labute approximate surface area is 227 Å². The molecule has 0 radical (unpaired) electrons. The molecule has 2 amide bonds. The first kappa shape index (κ1) is 30.6. The number of carbonyl (C=O) groups excluding carboxylic acids is 1. The molecule has 1 saturated heterocycles. The number of piperidine rings is 1. The molecule has 1 aromatic heterocycles. The van der Waals surface area contributed by atoms with Gasteiger partial charge in [-0.05, 0) is 63.0 Å². The summed E-state index contributed by atoms with van der Waals surface area (Å²) in [6.07, 6.45) is 3.20. The van der Waals surface area contributed by atoms with E-state index in [0.29, 0.717) is 50.4 Å². The number of carbonyl (C=O) groups is 2. The highest BCUT2D eigenvalue weighted by Gasteiger charge is 2.49. The molecule has 0 bridgehead atoms. The van der Waals surface area contributed by atoms with Gasteiger partial charge >= 0.3 is 12.0 Å². The average molecular weight is 531 g/mol. The Kier molecular flexibility index (Phi) is 10.5. The Morgan fingerprint density at radius 3 is 2.32 bits per heavy atom. The summed E-state index contributed by atoms with van der Waals surface area (Å²) in [5.41, 5.74) is 11.9. The summed E-state index contributed by atoms with van der Waals surface area (Å²) in [5, 5.41) is 13.1. The standard InChI is InChI=1S/C29H42N4O3.ClH/c1-7-29(8-2)23(27(34)35)10-9-15-33(29)28(36)32-26-20(6)31-24(16-18(3)4)22(17-30)25(26)21-13-11-19(5)12-14-21;/h11-14,18,23H,7-10,15-17,30H2,1-6H3,(H,32,36)(H,34,35);1H. The van der Waals surface area contributed by atoms with Gasteiger partial charge in [-0.25, -0.2) is 4.79 Å². The van der Waals surface area contributed by atoms with Crippen LogP contribution >= 0.6 is 12.4 Å². The highest BCUT2D eigenvalue weighted by Crippen LogP contribution is 2.41. The van der Waals surface area contributed by atoms with Gasteiger partial charge < -0.3 is 21.1 Å². The fourth-order valence-corrected chi connectivity index (χ4v) is 5.86. The fraction of sp³-hybridized carbons (Fsp3) is 0.552. The molecule has 1 unspecified atom stereocenters. The first-order chi connectivity index (χ1) is 17.1. The van der Waals surface area contributed by atoms with Crippen LogP contribution in [0.4, 0.5) is 10.5 Å². The quantitative estimate of drug-likeness (QED) is 0.369. The molecular formula is C29H43ClN4O3. The van der Waals surface area contributed by atoms with Crippen molar-refractivity contribution in [1.29, 1.82) is 0 Å². The number of aryl methyl sites for hydroxylation is 2. The molecule has 8 heteroatoms. The van der Waals surface area contributed by atoms with E-state index in [2.05, 4.69) is 43.4 Å². The number of nitrogens with one attached hydrogen (secondary N) is 1. The van der Waals surface area contributed by atoms with Crippen molar-refractivity contribution in [3.63, 3.8) is 0 Å². The Hall–Kier alpha value is -2.64. The molecule has 4 N–H and O–H groups in total. The largest absolute Gasteiger partial charge is 0.481 e. The SMILES string of the molecule is CCC1(CC)C(C(=O)O)CCCN1C(=O)Nc1c(C)nc(CC(C)C)c(CN)c1-c1ccc(C)cc1.Cl. The lowest BCUT2D eigenvalue weighted by Crippen LogP contribution is -2.61. The summed E-state index contributed by atoms with van der Waals surface area (Å²) in [6, 6.07) is 7.95. The van der Waals surface area contributed by atoms with Gasteiger partial charge in [-0.15, -0.1) is 12.4 Å². The van der Waals surface area contributed by atoms with Gasteiger partial charge in [0.2, 0.25) is 0 Å². The number of nitrogens with zero attached hydrogens (tertiary/aromatic N) is 2. The number of hydrogen-bond donors (Lipinski definition) is 3. The van der Waals surface area contributed by atoms with Crippen molar-refractivity contribution >= 4 is 30.1 Å². The molecule has 2 aromatic rings. The highest BCUT2D eigenvalue weighted by molar-refractivity contribution is 5.97. The van der Waals surface area contributed by atoms with Crippen molar-refractivity contribution in [3.8, 4) is 11.1 Å². The molecular weight excluding hydrogens is 488 g/mol. The number of benzene rings is 1. The van der Waals surface area contributed by atoms with Crippen molar-refractivity contribution in [2.45, 2.75) is 85.7 Å². The van der Waals surface area contributed by atoms with Crippen molar-refractivity contribution in [1.82, 2.24) is 9.88 Å². The van der Waals surface area contributed by atoms with Crippen LogP contribution in [0.15, 0.2) is 24.3 Å². The molecule has 0 spiro atoms. The molecule has 1 aliphatic rings. The number of aromatic nitrogens is 1. The molecule has 1 atom stereocenters. The number of amides is 2. The molecule has 37 heavy (non-hydrogen) atoms. The van der Waals surface area contributed by atoms with Gasteiger partial charge in [0.15, 0.2) is 0 Å². The maximum absolute atomic E-state index is 13.9. The summed E-state index contributed by atoms with van der Waals surface area (Å²) in [5.74, 6) is -1.02. The molecule has 0 aliphatic carbocycles. The zero-order valence-electron chi connectivity index (χ0n) is 23.1. The third-order valence-electron chi connectivity index (χ3n) is 7.77. The molecule has 3 rings (SSSR count). The molecule has 2 heterocycles. The van der Waals surface area contributed by atoms with E-state index in [-0.39, 0.29) is 18.4 Å². The summed E-state index contributed by atoms with van der Waals surface area (Å²) < 4.78 is 0. The third-order valence-corrected chi connectivity index (χ3v) is 7.77. The van der Waals surface area contributed by atoms with E-state index in [9.17, 15) is 14.7 Å². The van der Waals surface area contributed by atoms with Gasteiger partial charge in [0, 0.05) is 24.3 Å². The number of urea groups is 1. The van der Waals surface area contributed by atoms with Crippen LogP contribution in [0, 0.1) is 25.7 Å². The summed E-state index contributed by atoms with van der Waals surface area (Å²) in [6.45, 7) is 13.1. The fourth-order valence-electron chi connectivity index (χ4n) is 5.86. The van der Waals surface area contributed by atoms with Crippen molar-refractivity contribution < 1.29 is 14.7 Å². The minimum Gasteiger partial charge on any atom is -0.481 e. The van der Waals surface area contributed by atoms with Crippen LogP contribution in [0.2, 0.25) is 0 Å². The zero-order chi connectivity index (χ0) is 26.6. The first-order valence-electron chi connectivity index (χ1n) is 13.2. The summed E-state index contributed by atoms with van der Waals surface area (Å²) in [7, 11) is 0. The van der Waals surface area contributed by atoms with E-state index in [1.54, 1.807) is 4.90 Å². The lowest BCUT2D eigenvalue weighted by molar-refractivity contribution is -0.149. The Morgan fingerprint density at radius 2 is 1.81 bits per heavy atom. The second kappa shape index (κ2) is 12.7. The van der Waals surface area contributed by atoms with Gasteiger partial charge in [0.1, 0.15) is 0 Å². The van der Waals surface area contributed by atoms with Crippen LogP contribution < -0.4 is 11.1 Å². The minimum atomic E-state index is -0.835. The number of halogens is 1. The van der Waals surface area contributed by atoms with Crippen molar-refractivity contribution in [3.05, 3.63) is 46.8 Å². The Balaban J connectivity index is 0.00000481. The summed E-state index contributed by atoms with van der Waals surface area (Å²) >= 11 is 0. The van der Waals surface area contributed by atoms with Gasteiger partial charge in [-0.1, -0.05) is 57.5 Å². The van der Waals surface area contributed by atoms with Crippen LogP contribution in [-0.2, 0) is 17.8 Å². The monoisotopic (exact) mass is 530 g/mol. The predicted octanol–water partition coefficient (Wildman–Crippen LogP) is 6.33. The third kappa shape index (κ3) is 6.10. The van der Waals surface area contributed by atoms with Crippen LogP contribution in [0.3, 0.4) is 0 Å². The maximum Gasteiger partial charge on any atom is 0.322 e. The van der Waals surface area contributed by atoms with Crippen molar-refractivity contribution in [2.75, 3.05) is 11.9 Å². The molecule has 7 nitrogen and oxygen atoms in total. The van der Waals surface area contributed by atoms with E-state index < -0.39 is 17.4 Å². The number of hydrogen-bond acceptors (Lipinski definition) is 4. The number of nitrogens with two attached hydrogens (primary N) is 1. The molecule has 204 valence electrons. The minimum absolute atomic E-state index is 0. The number of likely N-dealkylation sites (tertiary alicyclic amines) is 1. The summed E-state index contributed by atoms with van der Waals surface area (Å²) in [4.78, 5) is 32.7. The van der Waals surface area contributed by atoms with Crippen molar-refractivity contribution in [2.24, 2.45) is 17.6 Å². The topological polar surface area (TPSA) is 109 Å². The molecule has 0 saturated carbocycles. The van der Waals surface area contributed by atoms with E-state index >= 15 is 0 Å². The normalized spacial score (nSPS) is 16.9. The maximum atomic E-state index is 13.9. The lowest BCUT2D eigenvalue weighted by atomic mass is 9.73. The second-order valence-electron chi connectivity index (χ2n) is 10.5. The van der Waals surface area contributed by atoms with E-state index in [0.717, 1.165) is 40.1 Å². The van der Waals surface area contributed by atoms with E-state index in [1.165, 1.54) is 0 Å². The average Bonchev–Trinajstić information content (AvgIpc) is 2.84. The molecule has 1 fully saturated rings. The first-order valence-corrected chi connectivity index (χ1v) is 13.2. The predicted molar refractivity (Wildman–Crippen MR) is 152 cm³/mol. The van der Waals surface area contributed by atoms with Crippen LogP contribution in [0.5, 0.6) is 0 Å². The van der Waals surface area contributed by atoms with E-state index in [1.807, 2.05) is 27.7 Å². The number of aliphatic carboxylic acids is 1. The smallest absolute Gasteiger partial charge is 0.322 e. The van der Waals surface area contributed by atoms with Crippen LogP contribution in [-0.4, -0.2) is 39.1 Å². The second-order valence-corrected chi connectivity index (χ2v) is 10.5. The van der Waals surface area contributed by atoms with Gasteiger partial charge in [0.25, 0.3) is 0 Å². The van der Waals surface area contributed by atoms with E-state index in [4.69, 9.17) is 10.7 Å². The number of rotatable bonds is 8. The molecule has 1 aliphatic heterocycles. The Morgan fingerprint density at radius 1 is 1.19 bits per heavy atom. The number of carboxylic acid groups (broad SMARTS) is 1.